The van der Waals surface area contributed by atoms with Gasteiger partial charge >= 0.3 is 0 Å². The summed E-state index contributed by atoms with van der Waals surface area (Å²) in [7, 11) is -3.29. The van der Waals surface area contributed by atoms with Gasteiger partial charge in [-0.3, -0.25) is 4.79 Å². The van der Waals surface area contributed by atoms with Gasteiger partial charge in [0.15, 0.2) is 0 Å². The molecule has 0 spiro atoms. The van der Waals surface area contributed by atoms with Gasteiger partial charge in [-0.15, -0.1) is 0 Å². The molecule has 0 saturated carbocycles. The van der Waals surface area contributed by atoms with Crippen LogP contribution in [0.1, 0.15) is 13.8 Å². The molecule has 0 aromatic rings. The van der Waals surface area contributed by atoms with E-state index in [2.05, 4.69) is 5.32 Å². The standard InChI is InChI=1S/C7H14N2O3S/c1-7(2)6(10)8-4-5-9(7)13(3,11)12/h4-5H2,1-3H3,(H,8,10). The second kappa shape index (κ2) is 2.95. The van der Waals surface area contributed by atoms with Crippen LogP contribution in [0.3, 0.4) is 0 Å². The lowest BCUT2D eigenvalue weighted by Gasteiger charge is -2.39. The van der Waals surface area contributed by atoms with Crippen LogP contribution in [0.5, 0.6) is 0 Å². The fourth-order valence-electron chi connectivity index (χ4n) is 1.46. The molecule has 0 aliphatic carbocycles. The molecule has 1 heterocycles. The van der Waals surface area contributed by atoms with Gasteiger partial charge in [0, 0.05) is 13.1 Å². The minimum Gasteiger partial charge on any atom is -0.353 e. The van der Waals surface area contributed by atoms with Crippen LogP contribution in [0.4, 0.5) is 0 Å². The van der Waals surface area contributed by atoms with Crippen molar-refractivity contribution < 1.29 is 13.2 Å². The van der Waals surface area contributed by atoms with E-state index in [-0.39, 0.29) is 5.91 Å². The van der Waals surface area contributed by atoms with Crippen molar-refractivity contribution in [3.8, 4) is 0 Å². The lowest BCUT2D eigenvalue weighted by atomic mass is 10.0. The number of nitrogens with one attached hydrogen (secondary N) is 1. The molecule has 1 amide bonds. The van der Waals surface area contributed by atoms with Crippen LogP contribution in [0.2, 0.25) is 0 Å². The Morgan fingerprint density at radius 3 is 2.38 bits per heavy atom. The first kappa shape index (κ1) is 10.5. The second-order valence-corrected chi connectivity index (χ2v) is 5.56. The van der Waals surface area contributed by atoms with Crippen molar-refractivity contribution in [1.82, 2.24) is 9.62 Å². The van der Waals surface area contributed by atoms with Crippen LogP contribution in [0, 0.1) is 0 Å². The predicted molar refractivity (Wildman–Crippen MR) is 48.6 cm³/mol. The number of sulfonamides is 1. The summed E-state index contributed by atoms with van der Waals surface area (Å²) in [5.41, 5.74) is -0.966. The first-order chi connectivity index (χ1) is 5.76. The molecule has 0 unspecified atom stereocenters. The van der Waals surface area contributed by atoms with Crippen LogP contribution in [0.25, 0.3) is 0 Å². The highest BCUT2D eigenvalue weighted by molar-refractivity contribution is 7.88. The van der Waals surface area contributed by atoms with Gasteiger partial charge in [-0.25, -0.2) is 8.42 Å². The fourth-order valence-corrected chi connectivity index (χ4v) is 2.80. The Kier molecular flexibility index (Phi) is 2.38. The number of rotatable bonds is 1. The molecule has 0 bridgehead atoms. The summed E-state index contributed by atoms with van der Waals surface area (Å²) in [4.78, 5) is 11.4. The van der Waals surface area contributed by atoms with E-state index in [1.807, 2.05) is 0 Å². The zero-order chi connectivity index (χ0) is 10.3. The Labute approximate surface area is 78.2 Å². The smallest absolute Gasteiger partial charge is 0.241 e. The highest BCUT2D eigenvalue weighted by Gasteiger charge is 2.42. The average Bonchev–Trinajstić information content (AvgIpc) is 1.92. The molecule has 6 heteroatoms. The van der Waals surface area contributed by atoms with Gasteiger partial charge in [0.1, 0.15) is 5.54 Å². The quantitative estimate of drug-likeness (QED) is 0.608. The summed E-state index contributed by atoms with van der Waals surface area (Å²) < 4.78 is 23.8. The Hall–Kier alpha value is -0.620. The maximum atomic E-state index is 11.4. The molecule has 0 aromatic carbocycles. The van der Waals surface area contributed by atoms with E-state index in [0.717, 1.165) is 6.26 Å². The van der Waals surface area contributed by atoms with Gasteiger partial charge in [-0.2, -0.15) is 4.31 Å². The molecule has 1 N–H and O–H groups in total. The first-order valence-electron chi connectivity index (χ1n) is 4.02. The molecule has 1 rings (SSSR count). The van der Waals surface area contributed by atoms with Crippen molar-refractivity contribution >= 4 is 15.9 Å². The number of hydrogen-bond acceptors (Lipinski definition) is 3. The predicted octanol–water partition coefficient (Wildman–Crippen LogP) is -0.844. The van der Waals surface area contributed by atoms with Crippen LogP contribution in [0.15, 0.2) is 0 Å². The second-order valence-electron chi connectivity index (χ2n) is 3.65. The highest BCUT2D eigenvalue weighted by Crippen LogP contribution is 2.20. The molecule has 0 atom stereocenters. The first-order valence-corrected chi connectivity index (χ1v) is 5.87. The number of carbonyl (C=O) groups excluding carboxylic acids is 1. The molecular formula is C7H14N2O3S. The SMILES string of the molecule is CC1(C)C(=O)NCCN1S(C)(=O)=O. The van der Waals surface area contributed by atoms with E-state index in [4.69, 9.17) is 0 Å². The summed E-state index contributed by atoms with van der Waals surface area (Å²) in [6.07, 6.45) is 1.12. The molecule has 1 aliphatic rings. The van der Waals surface area contributed by atoms with E-state index >= 15 is 0 Å². The number of carbonyl (C=O) groups is 1. The maximum Gasteiger partial charge on any atom is 0.241 e. The van der Waals surface area contributed by atoms with Crippen molar-refractivity contribution in [2.75, 3.05) is 19.3 Å². The van der Waals surface area contributed by atoms with Crippen LogP contribution in [-0.2, 0) is 14.8 Å². The summed E-state index contributed by atoms with van der Waals surface area (Å²) in [6, 6.07) is 0. The summed E-state index contributed by atoms with van der Waals surface area (Å²) in [5.74, 6) is -0.246. The van der Waals surface area contributed by atoms with E-state index in [1.54, 1.807) is 13.8 Å². The van der Waals surface area contributed by atoms with Crippen LogP contribution in [-0.4, -0.2) is 43.5 Å². The molecule has 0 aromatic heterocycles. The Morgan fingerprint density at radius 1 is 1.46 bits per heavy atom. The van der Waals surface area contributed by atoms with Crippen molar-refractivity contribution in [3.63, 3.8) is 0 Å². The molecule has 1 fully saturated rings. The molecule has 5 nitrogen and oxygen atoms in total. The van der Waals surface area contributed by atoms with Crippen LogP contribution < -0.4 is 5.32 Å². The lowest BCUT2D eigenvalue weighted by Crippen LogP contribution is -2.63. The lowest BCUT2D eigenvalue weighted by molar-refractivity contribution is -0.131. The number of amides is 1. The largest absolute Gasteiger partial charge is 0.353 e. The number of piperazine rings is 1. The third kappa shape index (κ3) is 1.83. The topological polar surface area (TPSA) is 66.5 Å². The normalized spacial score (nSPS) is 24.1. The van der Waals surface area contributed by atoms with E-state index in [9.17, 15) is 13.2 Å². The van der Waals surface area contributed by atoms with Gasteiger partial charge in [-0.05, 0) is 13.8 Å². The van der Waals surface area contributed by atoms with Crippen molar-refractivity contribution in [3.05, 3.63) is 0 Å². The van der Waals surface area contributed by atoms with Crippen molar-refractivity contribution in [1.29, 1.82) is 0 Å². The third-order valence-corrected chi connectivity index (χ3v) is 3.62. The zero-order valence-corrected chi connectivity index (χ0v) is 8.81. The van der Waals surface area contributed by atoms with Gasteiger partial charge in [-0.1, -0.05) is 0 Å². The Balaban J connectivity index is 3.05. The van der Waals surface area contributed by atoms with Crippen LogP contribution >= 0.6 is 0 Å². The highest BCUT2D eigenvalue weighted by atomic mass is 32.2. The Morgan fingerprint density at radius 2 is 2.00 bits per heavy atom. The molecule has 0 radical (unpaired) electrons. The summed E-state index contributed by atoms with van der Waals surface area (Å²) >= 11 is 0. The maximum absolute atomic E-state index is 11.4. The summed E-state index contributed by atoms with van der Waals surface area (Å²) in [5, 5.41) is 2.63. The summed E-state index contributed by atoms with van der Waals surface area (Å²) in [6.45, 7) is 3.93. The van der Waals surface area contributed by atoms with Gasteiger partial charge in [0.25, 0.3) is 0 Å². The van der Waals surface area contributed by atoms with Gasteiger partial charge < -0.3 is 5.32 Å². The average molecular weight is 206 g/mol. The molecule has 1 aliphatic heterocycles. The monoisotopic (exact) mass is 206 g/mol. The van der Waals surface area contributed by atoms with Gasteiger partial charge in [0.05, 0.1) is 6.26 Å². The number of hydrogen-bond donors (Lipinski definition) is 1. The van der Waals surface area contributed by atoms with E-state index in [1.165, 1.54) is 4.31 Å². The third-order valence-electron chi connectivity index (χ3n) is 2.18. The molecule has 76 valence electrons. The fraction of sp³-hybridized carbons (Fsp3) is 0.857. The minimum absolute atomic E-state index is 0.246. The molecular weight excluding hydrogens is 192 g/mol. The van der Waals surface area contributed by atoms with E-state index < -0.39 is 15.6 Å². The minimum atomic E-state index is -3.29. The molecule has 1 saturated heterocycles. The zero-order valence-electron chi connectivity index (χ0n) is 7.99. The van der Waals surface area contributed by atoms with Gasteiger partial charge in [0.2, 0.25) is 15.9 Å². The van der Waals surface area contributed by atoms with E-state index in [0.29, 0.717) is 13.1 Å². The Bertz CT molecular complexity index is 321. The number of nitrogens with zero attached hydrogens (tertiary/aromatic N) is 1. The molecule has 13 heavy (non-hydrogen) atoms. The van der Waals surface area contributed by atoms with Crippen molar-refractivity contribution in [2.24, 2.45) is 0 Å². The van der Waals surface area contributed by atoms with Crippen molar-refractivity contribution in [2.45, 2.75) is 19.4 Å².